The molecular formula is C20H24N6O3. The molecule has 0 atom stereocenters. The molecule has 1 amide bonds. The summed E-state index contributed by atoms with van der Waals surface area (Å²) in [6, 6.07) is 5.49. The third kappa shape index (κ3) is 3.68. The van der Waals surface area contributed by atoms with Gasteiger partial charge in [0.1, 0.15) is 28.5 Å². The van der Waals surface area contributed by atoms with Gasteiger partial charge in [0, 0.05) is 37.3 Å². The van der Waals surface area contributed by atoms with Crippen LogP contribution in [0.1, 0.15) is 29.8 Å². The van der Waals surface area contributed by atoms with Crippen LogP contribution in [0.25, 0.3) is 5.65 Å². The van der Waals surface area contributed by atoms with E-state index in [0.29, 0.717) is 41.6 Å². The molecule has 3 heterocycles. The van der Waals surface area contributed by atoms with Crippen molar-refractivity contribution < 1.29 is 14.3 Å². The van der Waals surface area contributed by atoms with Crippen LogP contribution >= 0.6 is 0 Å². The molecule has 0 aliphatic carbocycles. The van der Waals surface area contributed by atoms with Crippen LogP contribution in [0.15, 0.2) is 30.6 Å². The number of benzene rings is 1. The predicted molar refractivity (Wildman–Crippen MR) is 110 cm³/mol. The molecule has 0 bridgehead atoms. The van der Waals surface area contributed by atoms with Crippen LogP contribution in [0, 0.1) is 0 Å². The van der Waals surface area contributed by atoms with Gasteiger partial charge in [-0.05, 0) is 26.0 Å². The number of nitrogens with one attached hydrogen (secondary N) is 2. The second kappa shape index (κ2) is 7.25. The van der Waals surface area contributed by atoms with Gasteiger partial charge >= 0.3 is 0 Å². The van der Waals surface area contributed by atoms with Gasteiger partial charge < -0.3 is 25.8 Å². The molecule has 9 nitrogen and oxygen atoms in total. The van der Waals surface area contributed by atoms with E-state index in [0.717, 1.165) is 17.7 Å². The molecular weight excluding hydrogens is 372 g/mol. The number of hydrogen-bond acceptors (Lipinski definition) is 7. The Balaban J connectivity index is 1.63. The van der Waals surface area contributed by atoms with Crippen molar-refractivity contribution in [1.82, 2.24) is 14.6 Å². The molecule has 0 spiro atoms. The average molecular weight is 396 g/mol. The summed E-state index contributed by atoms with van der Waals surface area (Å²) >= 11 is 0. The maximum Gasteiger partial charge on any atom is 0.261 e. The molecule has 29 heavy (non-hydrogen) atoms. The van der Waals surface area contributed by atoms with E-state index in [1.807, 2.05) is 26.0 Å². The molecule has 0 unspecified atom stereocenters. The molecule has 4 rings (SSSR count). The quantitative estimate of drug-likeness (QED) is 0.584. The topological polar surface area (TPSA) is 116 Å². The Morgan fingerprint density at radius 3 is 3.00 bits per heavy atom. The molecule has 0 radical (unpaired) electrons. The first-order valence-corrected chi connectivity index (χ1v) is 9.40. The van der Waals surface area contributed by atoms with Gasteiger partial charge in [0.25, 0.3) is 5.91 Å². The number of rotatable bonds is 6. The van der Waals surface area contributed by atoms with E-state index >= 15 is 0 Å². The van der Waals surface area contributed by atoms with Crippen LogP contribution in [0.5, 0.6) is 11.5 Å². The molecule has 0 fully saturated rings. The predicted octanol–water partition coefficient (Wildman–Crippen LogP) is 2.07. The third-order valence-corrected chi connectivity index (χ3v) is 4.70. The van der Waals surface area contributed by atoms with Gasteiger partial charge in [-0.2, -0.15) is 5.10 Å². The van der Waals surface area contributed by atoms with E-state index in [4.69, 9.17) is 15.2 Å². The first-order chi connectivity index (χ1) is 13.9. The van der Waals surface area contributed by atoms with Gasteiger partial charge in [-0.25, -0.2) is 9.50 Å². The van der Waals surface area contributed by atoms with Gasteiger partial charge in [-0.15, -0.1) is 0 Å². The molecule has 1 aliphatic rings. The zero-order valence-electron chi connectivity index (χ0n) is 16.7. The highest BCUT2D eigenvalue weighted by Gasteiger charge is 2.31. The van der Waals surface area contributed by atoms with Crippen LogP contribution in [-0.4, -0.2) is 46.3 Å². The van der Waals surface area contributed by atoms with Crippen LogP contribution in [0.4, 0.5) is 11.5 Å². The lowest BCUT2D eigenvalue weighted by Gasteiger charge is -2.17. The van der Waals surface area contributed by atoms with E-state index in [-0.39, 0.29) is 11.5 Å². The maximum atomic E-state index is 13.0. The number of anilines is 2. The molecule has 0 saturated heterocycles. The van der Waals surface area contributed by atoms with Crippen molar-refractivity contribution in [2.75, 3.05) is 30.8 Å². The summed E-state index contributed by atoms with van der Waals surface area (Å²) in [5.41, 5.74) is 7.66. The Morgan fingerprint density at radius 2 is 2.24 bits per heavy atom. The largest absolute Gasteiger partial charge is 0.494 e. The number of aromatic nitrogens is 3. The van der Waals surface area contributed by atoms with Crippen molar-refractivity contribution in [3.05, 3.63) is 41.7 Å². The molecule has 3 aromatic rings. The highest BCUT2D eigenvalue weighted by Crippen LogP contribution is 2.41. The number of carbonyl (C=O) groups excluding carboxylic acids is 1. The summed E-state index contributed by atoms with van der Waals surface area (Å²) in [5.74, 6) is 1.62. The normalized spacial score (nSPS) is 14.3. The summed E-state index contributed by atoms with van der Waals surface area (Å²) in [6.45, 7) is 5.12. The van der Waals surface area contributed by atoms with Gasteiger partial charge in [-0.3, -0.25) is 4.79 Å². The maximum absolute atomic E-state index is 13.0. The molecule has 1 aromatic carbocycles. The fourth-order valence-corrected chi connectivity index (χ4v) is 3.42. The van der Waals surface area contributed by atoms with Crippen LogP contribution in [0.2, 0.25) is 0 Å². The minimum absolute atomic E-state index is 0.282. The second-order valence-electron chi connectivity index (χ2n) is 7.51. The lowest BCUT2D eigenvalue weighted by atomic mass is 10.0. The van der Waals surface area contributed by atoms with Crippen molar-refractivity contribution in [2.24, 2.45) is 5.73 Å². The smallest absolute Gasteiger partial charge is 0.261 e. The molecule has 1 aliphatic heterocycles. The summed E-state index contributed by atoms with van der Waals surface area (Å²) < 4.78 is 12.9. The van der Waals surface area contributed by atoms with Crippen molar-refractivity contribution in [3.63, 3.8) is 0 Å². The van der Waals surface area contributed by atoms with E-state index in [2.05, 4.69) is 20.7 Å². The number of ether oxygens (including phenoxy) is 2. The Labute approximate surface area is 168 Å². The SMILES string of the molecule is COc1cc2c(cc1NC(=O)c1cnn3ccc(NCCN)nc13)CC(C)(C)O2. The average Bonchev–Trinajstić information content (AvgIpc) is 3.23. The number of amides is 1. The van der Waals surface area contributed by atoms with Gasteiger partial charge in [0.15, 0.2) is 5.65 Å². The minimum Gasteiger partial charge on any atom is -0.494 e. The van der Waals surface area contributed by atoms with E-state index in [9.17, 15) is 4.79 Å². The van der Waals surface area contributed by atoms with Crippen molar-refractivity contribution in [3.8, 4) is 11.5 Å². The standard InChI is InChI=1S/C20H24N6O3/c1-20(2)10-12-8-14(16(28-3)9-15(12)29-20)24-19(27)13-11-23-26-7-4-17(22-6-5-21)25-18(13)26/h4,7-9,11H,5-6,10,21H2,1-3H3,(H,22,25)(H,24,27). The van der Waals surface area contributed by atoms with Crippen LogP contribution in [-0.2, 0) is 6.42 Å². The molecule has 9 heteroatoms. The van der Waals surface area contributed by atoms with Gasteiger partial charge in [0.05, 0.1) is 19.0 Å². The monoisotopic (exact) mass is 396 g/mol. The highest BCUT2D eigenvalue weighted by molar-refractivity contribution is 6.09. The van der Waals surface area contributed by atoms with Gasteiger partial charge in [0.2, 0.25) is 0 Å². The molecule has 0 saturated carbocycles. The third-order valence-electron chi connectivity index (χ3n) is 4.70. The Morgan fingerprint density at radius 1 is 1.41 bits per heavy atom. The molecule has 4 N–H and O–H groups in total. The lowest BCUT2D eigenvalue weighted by molar-refractivity contribution is 0.102. The summed E-state index contributed by atoms with van der Waals surface area (Å²) in [6.07, 6.45) is 3.99. The molecule has 2 aromatic heterocycles. The fraction of sp³-hybridized carbons (Fsp3) is 0.350. The lowest BCUT2D eigenvalue weighted by Crippen LogP contribution is -2.24. The first-order valence-electron chi connectivity index (χ1n) is 9.40. The minimum atomic E-state index is -0.320. The van der Waals surface area contributed by atoms with E-state index in [1.165, 1.54) is 6.20 Å². The number of methoxy groups -OCH3 is 1. The number of nitrogens with zero attached hydrogens (tertiary/aromatic N) is 3. The van der Waals surface area contributed by atoms with Crippen molar-refractivity contribution in [1.29, 1.82) is 0 Å². The fourth-order valence-electron chi connectivity index (χ4n) is 3.42. The summed E-state index contributed by atoms with van der Waals surface area (Å²) in [4.78, 5) is 17.5. The summed E-state index contributed by atoms with van der Waals surface area (Å²) in [7, 11) is 1.56. The Hall–Kier alpha value is -3.33. The van der Waals surface area contributed by atoms with E-state index in [1.54, 1.807) is 23.9 Å². The summed E-state index contributed by atoms with van der Waals surface area (Å²) in [5, 5.41) is 10.2. The Bertz CT molecular complexity index is 1080. The Kier molecular flexibility index (Phi) is 4.75. The number of hydrogen-bond donors (Lipinski definition) is 3. The van der Waals surface area contributed by atoms with Crippen LogP contribution in [0.3, 0.4) is 0 Å². The van der Waals surface area contributed by atoms with Crippen molar-refractivity contribution >= 4 is 23.1 Å². The zero-order valence-corrected chi connectivity index (χ0v) is 16.7. The number of nitrogens with two attached hydrogens (primary N) is 1. The first kappa shape index (κ1) is 19.0. The molecule has 152 valence electrons. The highest BCUT2D eigenvalue weighted by atomic mass is 16.5. The second-order valence-corrected chi connectivity index (χ2v) is 7.51. The van der Waals surface area contributed by atoms with Crippen molar-refractivity contribution in [2.45, 2.75) is 25.9 Å². The number of fused-ring (bicyclic) bond motifs is 2. The number of carbonyl (C=O) groups is 1. The zero-order chi connectivity index (χ0) is 20.6. The van der Waals surface area contributed by atoms with Crippen LogP contribution < -0.4 is 25.8 Å². The van der Waals surface area contributed by atoms with Gasteiger partial charge in [-0.1, -0.05) is 0 Å². The van der Waals surface area contributed by atoms with E-state index < -0.39 is 0 Å².